The van der Waals surface area contributed by atoms with Gasteiger partial charge >= 0.3 is 0 Å². The third-order valence-corrected chi connectivity index (χ3v) is 6.23. The van der Waals surface area contributed by atoms with Gasteiger partial charge in [0, 0.05) is 25.2 Å². The molecule has 6 heteroatoms. The van der Waals surface area contributed by atoms with Gasteiger partial charge in [-0.1, -0.05) is 54.6 Å². The molecule has 0 saturated carbocycles. The molecule has 1 unspecified atom stereocenters. The van der Waals surface area contributed by atoms with Crippen molar-refractivity contribution in [2.24, 2.45) is 5.73 Å². The third kappa shape index (κ3) is 4.72. The monoisotopic (exact) mass is 467 g/mol. The highest BCUT2D eigenvalue weighted by Crippen LogP contribution is 2.44. The summed E-state index contributed by atoms with van der Waals surface area (Å²) in [6, 6.07) is 24.8. The summed E-state index contributed by atoms with van der Waals surface area (Å²) in [5, 5.41) is 9.93. The number of halogens is 2. The molecule has 0 spiro atoms. The Balaban J connectivity index is 1.64. The van der Waals surface area contributed by atoms with Crippen molar-refractivity contribution in [3.63, 3.8) is 0 Å². The van der Waals surface area contributed by atoms with Crippen molar-refractivity contribution < 1.29 is 13.5 Å². The lowest BCUT2D eigenvalue weighted by atomic mass is 9.80. The molecule has 0 fully saturated rings. The van der Waals surface area contributed by atoms with Crippen LogP contribution in [0.25, 0.3) is 6.08 Å². The van der Waals surface area contributed by atoms with E-state index in [-0.39, 0.29) is 23.1 Å². The first-order valence-electron chi connectivity index (χ1n) is 11.3. The van der Waals surface area contributed by atoms with Gasteiger partial charge in [0.05, 0.1) is 5.92 Å². The van der Waals surface area contributed by atoms with E-state index in [1.54, 1.807) is 18.2 Å². The van der Waals surface area contributed by atoms with Crippen LogP contribution >= 0.6 is 0 Å². The fourth-order valence-corrected chi connectivity index (χ4v) is 4.76. The number of nitrogens with zero attached hydrogens (tertiary/aromatic N) is 2. The van der Waals surface area contributed by atoms with Gasteiger partial charge in [0.1, 0.15) is 29.0 Å². The fourth-order valence-electron chi connectivity index (χ4n) is 4.76. The average molecular weight is 468 g/mol. The van der Waals surface area contributed by atoms with Crippen molar-refractivity contribution in [3.8, 4) is 6.07 Å². The SMILES string of the molecule is N#CC1=C(N)OC2=C(CN(Cc3ccccc3)CC2=Cc2cccc(F)c2)C1c1cccc(F)c1. The molecule has 2 N–H and O–H groups in total. The van der Waals surface area contributed by atoms with Crippen LogP contribution in [0.3, 0.4) is 0 Å². The van der Waals surface area contributed by atoms with Crippen molar-refractivity contribution in [2.45, 2.75) is 12.5 Å². The van der Waals surface area contributed by atoms with Gasteiger partial charge in [0.15, 0.2) is 0 Å². The molecule has 0 radical (unpaired) electrons. The molecule has 2 aliphatic heterocycles. The molecule has 3 aromatic rings. The molecule has 0 bridgehead atoms. The molecule has 0 aromatic heterocycles. The zero-order chi connectivity index (χ0) is 24.4. The second-order valence-corrected chi connectivity index (χ2v) is 8.69. The predicted molar refractivity (Wildman–Crippen MR) is 130 cm³/mol. The van der Waals surface area contributed by atoms with E-state index in [9.17, 15) is 14.0 Å². The fraction of sp³-hybridized carbons (Fsp3) is 0.138. The topological polar surface area (TPSA) is 62.3 Å². The minimum absolute atomic E-state index is 0.00200. The van der Waals surface area contributed by atoms with E-state index in [2.05, 4.69) is 23.1 Å². The van der Waals surface area contributed by atoms with Crippen LogP contribution < -0.4 is 5.73 Å². The Morgan fingerprint density at radius 2 is 1.71 bits per heavy atom. The normalized spacial score (nSPS) is 19.3. The first-order chi connectivity index (χ1) is 17.0. The highest BCUT2D eigenvalue weighted by atomic mass is 19.1. The van der Waals surface area contributed by atoms with Crippen LogP contribution in [0.4, 0.5) is 8.78 Å². The van der Waals surface area contributed by atoms with Crippen molar-refractivity contribution in [1.29, 1.82) is 5.26 Å². The molecular weight excluding hydrogens is 444 g/mol. The van der Waals surface area contributed by atoms with Crippen LogP contribution in [0, 0.1) is 23.0 Å². The Bertz CT molecular complexity index is 1400. The molecular formula is C29H23F2N3O. The standard InChI is InChI=1S/C29H23F2N3O/c30-23-10-4-8-20(13-23)12-22-17-34(16-19-6-2-1-3-7-19)18-26-27(21-9-5-11-24(31)14-21)25(15-32)29(33)35-28(22)26/h1-14,27H,16-18,33H2. The minimum Gasteiger partial charge on any atom is -0.440 e. The first-order valence-corrected chi connectivity index (χ1v) is 11.3. The first kappa shape index (κ1) is 22.6. The summed E-state index contributed by atoms with van der Waals surface area (Å²) < 4.78 is 34.1. The number of nitriles is 1. The molecule has 1 atom stereocenters. The summed E-state index contributed by atoms with van der Waals surface area (Å²) in [4.78, 5) is 2.23. The second kappa shape index (κ2) is 9.57. The Morgan fingerprint density at radius 3 is 2.43 bits per heavy atom. The summed E-state index contributed by atoms with van der Waals surface area (Å²) in [6.07, 6.45) is 1.88. The number of nitrogens with two attached hydrogens (primary N) is 1. The Hall–Kier alpha value is -4.21. The third-order valence-electron chi connectivity index (χ3n) is 6.23. The van der Waals surface area contributed by atoms with Gasteiger partial charge in [0.25, 0.3) is 0 Å². The molecule has 174 valence electrons. The molecule has 0 saturated heterocycles. The Labute approximate surface area is 202 Å². The quantitative estimate of drug-likeness (QED) is 0.541. The average Bonchev–Trinajstić information content (AvgIpc) is 2.84. The maximum Gasteiger partial charge on any atom is 0.205 e. The van der Waals surface area contributed by atoms with Gasteiger partial charge in [-0.15, -0.1) is 0 Å². The van der Waals surface area contributed by atoms with E-state index < -0.39 is 5.92 Å². The van der Waals surface area contributed by atoms with E-state index in [1.807, 2.05) is 30.3 Å². The number of rotatable bonds is 4. The van der Waals surface area contributed by atoms with E-state index >= 15 is 0 Å². The summed E-state index contributed by atoms with van der Waals surface area (Å²) in [7, 11) is 0. The number of benzene rings is 3. The van der Waals surface area contributed by atoms with Crippen molar-refractivity contribution >= 4 is 6.08 Å². The highest BCUT2D eigenvalue weighted by molar-refractivity contribution is 5.63. The largest absolute Gasteiger partial charge is 0.440 e. The molecule has 2 heterocycles. The number of allylic oxidation sites excluding steroid dienone is 1. The minimum atomic E-state index is -0.547. The lowest BCUT2D eigenvalue weighted by Crippen LogP contribution is -2.37. The lowest BCUT2D eigenvalue weighted by molar-refractivity contribution is 0.230. The zero-order valence-corrected chi connectivity index (χ0v) is 18.9. The highest BCUT2D eigenvalue weighted by Gasteiger charge is 2.37. The lowest BCUT2D eigenvalue weighted by Gasteiger charge is -2.38. The summed E-state index contributed by atoms with van der Waals surface area (Å²) >= 11 is 0. The summed E-state index contributed by atoms with van der Waals surface area (Å²) in [5.74, 6) is -0.709. The maximum absolute atomic E-state index is 14.2. The van der Waals surface area contributed by atoms with Gasteiger partial charge in [-0.2, -0.15) is 5.26 Å². The number of hydrogen-bond acceptors (Lipinski definition) is 4. The molecule has 0 amide bonds. The number of hydrogen-bond donors (Lipinski definition) is 1. The van der Waals surface area contributed by atoms with Crippen LogP contribution in [0.15, 0.2) is 107 Å². The van der Waals surface area contributed by atoms with E-state index in [4.69, 9.17) is 10.5 Å². The van der Waals surface area contributed by atoms with Crippen molar-refractivity contribution in [3.05, 3.63) is 136 Å². The summed E-state index contributed by atoms with van der Waals surface area (Å²) in [5.41, 5.74) is 10.6. The molecule has 3 aromatic carbocycles. The van der Waals surface area contributed by atoms with E-state index in [1.165, 1.54) is 24.3 Å². The van der Waals surface area contributed by atoms with Crippen LogP contribution in [-0.2, 0) is 11.3 Å². The van der Waals surface area contributed by atoms with Gasteiger partial charge in [-0.25, -0.2) is 8.78 Å². The van der Waals surface area contributed by atoms with Crippen molar-refractivity contribution in [2.75, 3.05) is 13.1 Å². The Morgan fingerprint density at radius 1 is 0.971 bits per heavy atom. The maximum atomic E-state index is 14.2. The van der Waals surface area contributed by atoms with Gasteiger partial charge in [-0.3, -0.25) is 4.90 Å². The van der Waals surface area contributed by atoms with Gasteiger partial charge in [0.2, 0.25) is 5.88 Å². The van der Waals surface area contributed by atoms with Crippen LogP contribution in [0.5, 0.6) is 0 Å². The Kier molecular flexibility index (Phi) is 6.17. The zero-order valence-electron chi connectivity index (χ0n) is 18.9. The molecule has 5 rings (SSSR count). The second-order valence-electron chi connectivity index (χ2n) is 8.69. The molecule has 4 nitrogen and oxygen atoms in total. The summed E-state index contributed by atoms with van der Waals surface area (Å²) in [6.45, 7) is 1.70. The molecule has 2 aliphatic rings. The smallest absolute Gasteiger partial charge is 0.205 e. The van der Waals surface area contributed by atoms with Crippen LogP contribution in [0.1, 0.15) is 22.6 Å². The van der Waals surface area contributed by atoms with Gasteiger partial charge < -0.3 is 10.5 Å². The molecule has 35 heavy (non-hydrogen) atoms. The predicted octanol–water partition coefficient (Wildman–Crippen LogP) is 5.63. The van der Waals surface area contributed by atoms with Crippen LogP contribution in [0.2, 0.25) is 0 Å². The molecule has 0 aliphatic carbocycles. The van der Waals surface area contributed by atoms with E-state index in [0.717, 1.165) is 16.7 Å². The van der Waals surface area contributed by atoms with Crippen molar-refractivity contribution in [1.82, 2.24) is 4.90 Å². The van der Waals surface area contributed by atoms with Gasteiger partial charge in [-0.05, 0) is 52.6 Å². The van der Waals surface area contributed by atoms with Crippen LogP contribution in [-0.4, -0.2) is 18.0 Å². The van der Waals surface area contributed by atoms with E-state index in [0.29, 0.717) is 36.5 Å². The number of ether oxygens (including phenoxy) is 1.